The smallest absolute Gasteiger partial charge is 0.343 e. The molecule has 0 aliphatic carbocycles. The second kappa shape index (κ2) is 7.04. The van der Waals surface area contributed by atoms with Crippen molar-refractivity contribution in [2.45, 2.75) is 20.3 Å². The van der Waals surface area contributed by atoms with Gasteiger partial charge in [-0.25, -0.2) is 9.18 Å². The zero-order chi connectivity index (χ0) is 17.1. The van der Waals surface area contributed by atoms with Gasteiger partial charge in [0.05, 0.1) is 23.0 Å². The Balaban J connectivity index is 2.81. The maximum atomic E-state index is 14.4. The Bertz CT molecular complexity index is 844. The maximum absolute atomic E-state index is 14.4. The third-order valence-corrected chi connectivity index (χ3v) is 3.99. The number of aryl methyl sites for hydroxylation is 1. The highest BCUT2D eigenvalue weighted by atomic mass is 79.9. The molecule has 0 radical (unpaired) electrons. The Morgan fingerprint density at radius 2 is 2.04 bits per heavy atom. The minimum atomic E-state index is -0.773. The molecule has 0 amide bonds. The monoisotopic (exact) mass is 383 g/mol. The van der Waals surface area contributed by atoms with Gasteiger partial charge < -0.3 is 9.72 Å². The largest absolute Gasteiger partial charge is 0.462 e. The molecule has 0 atom stereocenters. The molecule has 122 valence electrons. The van der Waals surface area contributed by atoms with Crippen molar-refractivity contribution in [3.8, 4) is 0 Å². The first-order valence-electron chi connectivity index (χ1n) is 7.09. The zero-order valence-electron chi connectivity index (χ0n) is 12.7. The fourth-order valence-corrected chi connectivity index (χ4v) is 2.76. The molecule has 2 aromatic rings. The molecule has 0 saturated heterocycles. The molecular formula is C16H15BrFNO4. The molecule has 5 nitrogen and oxygen atoms in total. The van der Waals surface area contributed by atoms with Crippen LogP contribution < -0.4 is 5.43 Å². The number of rotatable bonds is 5. The van der Waals surface area contributed by atoms with Gasteiger partial charge in [-0.3, -0.25) is 9.59 Å². The third kappa shape index (κ3) is 3.06. The topological polar surface area (TPSA) is 76.2 Å². The van der Waals surface area contributed by atoms with E-state index in [1.807, 2.05) is 0 Å². The minimum absolute atomic E-state index is 0.0203. The maximum Gasteiger partial charge on any atom is 0.343 e. The van der Waals surface area contributed by atoms with Gasteiger partial charge in [-0.05, 0) is 25.0 Å². The summed E-state index contributed by atoms with van der Waals surface area (Å²) >= 11 is 3.03. The van der Waals surface area contributed by atoms with Crippen LogP contribution in [0.15, 0.2) is 17.1 Å². The van der Waals surface area contributed by atoms with Crippen LogP contribution >= 0.6 is 15.9 Å². The van der Waals surface area contributed by atoms with Gasteiger partial charge in [0.1, 0.15) is 11.4 Å². The zero-order valence-corrected chi connectivity index (χ0v) is 14.3. The van der Waals surface area contributed by atoms with Crippen molar-refractivity contribution in [1.29, 1.82) is 0 Å². The van der Waals surface area contributed by atoms with Crippen molar-refractivity contribution < 1.29 is 18.7 Å². The molecule has 0 saturated carbocycles. The second-order valence-corrected chi connectivity index (χ2v) is 5.36. The lowest BCUT2D eigenvalue weighted by Crippen LogP contribution is -2.20. The van der Waals surface area contributed by atoms with Crippen molar-refractivity contribution in [2.24, 2.45) is 0 Å². The number of carbonyl (C=O) groups excluding carboxylic acids is 2. The molecule has 0 unspecified atom stereocenters. The molecule has 0 spiro atoms. The van der Waals surface area contributed by atoms with E-state index in [2.05, 4.69) is 20.9 Å². The van der Waals surface area contributed by atoms with Crippen LogP contribution in [0.5, 0.6) is 0 Å². The van der Waals surface area contributed by atoms with Crippen LogP contribution in [0.25, 0.3) is 10.9 Å². The number of aromatic amines is 1. The second-order valence-electron chi connectivity index (χ2n) is 4.80. The average molecular weight is 384 g/mol. The highest BCUT2D eigenvalue weighted by Crippen LogP contribution is 2.24. The number of aromatic nitrogens is 1. The number of H-pyrrole nitrogens is 1. The van der Waals surface area contributed by atoms with E-state index in [9.17, 15) is 18.8 Å². The van der Waals surface area contributed by atoms with Gasteiger partial charge in [-0.15, -0.1) is 0 Å². The first-order valence-corrected chi connectivity index (χ1v) is 8.21. The molecule has 1 heterocycles. The third-order valence-electron chi connectivity index (χ3n) is 3.48. The SMILES string of the molecule is CCOC(=O)c1c[nH]c2c(CC)c(C(=O)CBr)c(F)cc2c1=O. The number of fused-ring (bicyclic) bond motifs is 1. The van der Waals surface area contributed by atoms with Crippen LogP contribution in [0.1, 0.15) is 40.1 Å². The number of ether oxygens (including phenoxy) is 1. The molecule has 0 aliphatic heterocycles. The van der Waals surface area contributed by atoms with Gasteiger partial charge in [-0.1, -0.05) is 22.9 Å². The molecule has 0 fully saturated rings. The Kier molecular flexibility index (Phi) is 5.30. The highest BCUT2D eigenvalue weighted by Gasteiger charge is 2.22. The van der Waals surface area contributed by atoms with Gasteiger partial charge in [0.25, 0.3) is 0 Å². The van der Waals surface area contributed by atoms with E-state index in [0.717, 1.165) is 6.07 Å². The molecular weight excluding hydrogens is 369 g/mol. The van der Waals surface area contributed by atoms with Crippen molar-refractivity contribution >= 4 is 38.6 Å². The lowest BCUT2D eigenvalue weighted by molar-refractivity contribution is 0.0524. The number of halogens is 2. The molecule has 1 aromatic carbocycles. The van der Waals surface area contributed by atoms with Crippen LogP contribution in [0.3, 0.4) is 0 Å². The first kappa shape index (κ1) is 17.3. The van der Waals surface area contributed by atoms with E-state index in [0.29, 0.717) is 17.5 Å². The van der Waals surface area contributed by atoms with Gasteiger partial charge in [-0.2, -0.15) is 0 Å². The highest BCUT2D eigenvalue weighted by molar-refractivity contribution is 9.09. The van der Waals surface area contributed by atoms with Gasteiger partial charge in [0.15, 0.2) is 5.78 Å². The normalized spacial score (nSPS) is 10.8. The first-order chi connectivity index (χ1) is 11.0. The molecule has 23 heavy (non-hydrogen) atoms. The lowest BCUT2D eigenvalue weighted by atomic mass is 9.97. The van der Waals surface area contributed by atoms with Crippen LogP contribution in [0.4, 0.5) is 4.39 Å². The predicted molar refractivity (Wildman–Crippen MR) is 88.0 cm³/mol. The summed E-state index contributed by atoms with van der Waals surface area (Å²) in [5.41, 5.74) is -0.0892. The number of nitrogens with one attached hydrogen (secondary N) is 1. The van der Waals surface area contributed by atoms with Crippen molar-refractivity contribution in [2.75, 3.05) is 11.9 Å². The number of pyridine rings is 1. The summed E-state index contributed by atoms with van der Waals surface area (Å²) < 4.78 is 19.2. The van der Waals surface area contributed by atoms with Crippen molar-refractivity contribution in [3.63, 3.8) is 0 Å². The molecule has 2 rings (SSSR count). The summed E-state index contributed by atoms with van der Waals surface area (Å²) in [6.07, 6.45) is 1.60. The summed E-state index contributed by atoms with van der Waals surface area (Å²) in [6, 6.07) is 0.992. The summed E-state index contributed by atoms with van der Waals surface area (Å²) in [5, 5.41) is 0.00383. The fourth-order valence-electron chi connectivity index (χ4n) is 2.48. The number of hydrogen-bond acceptors (Lipinski definition) is 4. The quantitative estimate of drug-likeness (QED) is 0.489. The number of esters is 1. The number of benzene rings is 1. The van der Waals surface area contributed by atoms with Gasteiger partial charge >= 0.3 is 5.97 Å². The standard InChI is InChI=1S/C16H15BrFNO4/c1-3-8-13(12(20)6-17)11(18)5-9-14(8)19-7-10(15(9)21)16(22)23-4-2/h5,7H,3-4,6H2,1-2H3,(H,19,21). The fraction of sp³-hybridized carbons (Fsp3) is 0.312. The van der Waals surface area contributed by atoms with E-state index in [1.165, 1.54) is 6.20 Å². The summed E-state index contributed by atoms with van der Waals surface area (Å²) in [7, 11) is 0. The van der Waals surface area contributed by atoms with Crippen LogP contribution in [0.2, 0.25) is 0 Å². The van der Waals surface area contributed by atoms with E-state index in [4.69, 9.17) is 4.74 Å². The number of carbonyl (C=O) groups is 2. The number of alkyl halides is 1. The van der Waals surface area contributed by atoms with Gasteiger partial charge in [0.2, 0.25) is 5.43 Å². The van der Waals surface area contributed by atoms with E-state index >= 15 is 0 Å². The number of Topliss-reactive ketones (excluding diaryl/α,β-unsaturated/α-hetero) is 1. The summed E-state index contributed by atoms with van der Waals surface area (Å²) in [4.78, 5) is 39.0. The molecule has 0 aliphatic rings. The van der Waals surface area contributed by atoms with E-state index in [1.54, 1.807) is 13.8 Å². The number of ketones is 1. The van der Waals surface area contributed by atoms with Crippen molar-refractivity contribution in [1.82, 2.24) is 4.98 Å². The molecule has 0 bridgehead atoms. The lowest BCUT2D eigenvalue weighted by Gasteiger charge is -2.12. The molecule has 1 aromatic heterocycles. The molecule has 7 heteroatoms. The van der Waals surface area contributed by atoms with Crippen molar-refractivity contribution in [3.05, 3.63) is 45.0 Å². The Morgan fingerprint density at radius 3 is 2.61 bits per heavy atom. The number of hydrogen-bond donors (Lipinski definition) is 1. The summed E-state index contributed by atoms with van der Waals surface area (Å²) in [6.45, 7) is 3.51. The Labute approximate surface area is 140 Å². The van der Waals surface area contributed by atoms with Crippen LogP contribution in [0, 0.1) is 5.82 Å². The minimum Gasteiger partial charge on any atom is -0.462 e. The average Bonchev–Trinajstić information content (AvgIpc) is 2.54. The van der Waals surface area contributed by atoms with Crippen LogP contribution in [-0.4, -0.2) is 28.7 Å². The Morgan fingerprint density at radius 1 is 1.35 bits per heavy atom. The predicted octanol–water partition coefficient (Wildman–Crippen LogP) is 2.98. The Hall–Kier alpha value is -2.02. The summed E-state index contributed by atoms with van der Waals surface area (Å²) in [5.74, 6) is -1.95. The van der Waals surface area contributed by atoms with Crippen LogP contribution in [-0.2, 0) is 11.2 Å². The van der Waals surface area contributed by atoms with E-state index in [-0.39, 0.29) is 28.5 Å². The van der Waals surface area contributed by atoms with Gasteiger partial charge in [0, 0.05) is 11.6 Å². The molecule has 1 N–H and O–H groups in total. The van der Waals surface area contributed by atoms with E-state index < -0.39 is 23.0 Å².